The van der Waals surface area contributed by atoms with E-state index in [4.69, 9.17) is 4.74 Å². The smallest absolute Gasteiger partial charge is 0.255 e. The number of hydrogen-bond acceptors (Lipinski definition) is 6. The molecule has 0 aliphatic heterocycles. The van der Waals surface area contributed by atoms with Gasteiger partial charge in [-0.05, 0) is 78.7 Å². The zero-order valence-electron chi connectivity index (χ0n) is 17.8. The Morgan fingerprint density at radius 2 is 1.91 bits per heavy atom. The molecule has 9 heteroatoms. The number of amides is 1. The van der Waals surface area contributed by atoms with Crippen molar-refractivity contribution in [2.75, 3.05) is 5.32 Å². The Morgan fingerprint density at radius 1 is 1.12 bits per heavy atom. The molecule has 162 valence electrons. The van der Waals surface area contributed by atoms with Crippen LogP contribution in [0.3, 0.4) is 0 Å². The van der Waals surface area contributed by atoms with Gasteiger partial charge < -0.3 is 10.1 Å². The fraction of sp³-hybridized carbons (Fsp3) is 0.174. The van der Waals surface area contributed by atoms with Crippen LogP contribution in [0.25, 0.3) is 5.69 Å². The molecule has 2 heterocycles. The number of nitrogens with one attached hydrogen (secondary N) is 1. The Kier molecular flexibility index (Phi) is 5.89. The summed E-state index contributed by atoms with van der Waals surface area (Å²) in [4.78, 5) is 16.9. The van der Waals surface area contributed by atoms with Crippen molar-refractivity contribution in [1.29, 1.82) is 0 Å². The highest BCUT2D eigenvalue weighted by atomic mass is 19.1. The molecule has 0 atom stereocenters. The van der Waals surface area contributed by atoms with E-state index in [1.54, 1.807) is 31.5 Å². The highest BCUT2D eigenvalue weighted by molar-refractivity contribution is 6.04. The minimum atomic E-state index is -0.558. The fourth-order valence-electron chi connectivity index (χ4n) is 3.35. The SMILES string of the molecule is Cc1cc(C(=O)Nc2cc(-n3nnnc3C)ccc2F)cc(C)c1OCc1cccnc1. The molecule has 0 unspecified atom stereocenters. The van der Waals surface area contributed by atoms with Crippen LogP contribution in [0.4, 0.5) is 10.1 Å². The second kappa shape index (κ2) is 8.93. The second-order valence-corrected chi connectivity index (χ2v) is 7.35. The van der Waals surface area contributed by atoms with Gasteiger partial charge in [0.05, 0.1) is 11.4 Å². The molecule has 0 spiro atoms. The number of halogens is 1. The Morgan fingerprint density at radius 3 is 2.56 bits per heavy atom. The molecule has 0 saturated heterocycles. The third-order valence-electron chi connectivity index (χ3n) is 4.90. The molecule has 0 aliphatic carbocycles. The highest BCUT2D eigenvalue weighted by Gasteiger charge is 2.15. The van der Waals surface area contributed by atoms with E-state index in [1.165, 1.54) is 22.9 Å². The molecule has 32 heavy (non-hydrogen) atoms. The minimum Gasteiger partial charge on any atom is -0.488 e. The quantitative estimate of drug-likeness (QED) is 0.496. The number of rotatable bonds is 6. The Balaban J connectivity index is 1.53. The first-order chi connectivity index (χ1) is 15.4. The lowest BCUT2D eigenvalue weighted by Crippen LogP contribution is -2.14. The van der Waals surface area contributed by atoms with Crippen molar-refractivity contribution in [3.05, 3.63) is 88.8 Å². The van der Waals surface area contributed by atoms with Gasteiger partial charge in [0.15, 0.2) is 5.82 Å². The largest absolute Gasteiger partial charge is 0.488 e. The summed E-state index contributed by atoms with van der Waals surface area (Å²) >= 11 is 0. The molecule has 0 fully saturated rings. The van der Waals surface area contributed by atoms with E-state index in [0.717, 1.165) is 16.7 Å². The molecule has 2 aromatic heterocycles. The molecule has 1 amide bonds. The van der Waals surface area contributed by atoms with Crippen LogP contribution in [0, 0.1) is 26.6 Å². The molecule has 0 aliphatic rings. The minimum absolute atomic E-state index is 0.0367. The molecule has 4 aromatic rings. The summed E-state index contributed by atoms with van der Waals surface area (Å²) in [6, 6.07) is 11.5. The summed E-state index contributed by atoms with van der Waals surface area (Å²) in [5.74, 6) is 0.256. The van der Waals surface area contributed by atoms with Crippen LogP contribution in [0.2, 0.25) is 0 Å². The number of hydrogen-bond donors (Lipinski definition) is 1. The number of aromatic nitrogens is 5. The van der Waals surface area contributed by atoms with Crippen molar-refractivity contribution in [3.63, 3.8) is 0 Å². The fourth-order valence-corrected chi connectivity index (χ4v) is 3.35. The molecular weight excluding hydrogens is 411 g/mol. The van der Waals surface area contributed by atoms with Gasteiger partial charge in [-0.1, -0.05) is 6.07 Å². The maximum atomic E-state index is 14.4. The van der Waals surface area contributed by atoms with Crippen LogP contribution >= 0.6 is 0 Å². The van der Waals surface area contributed by atoms with E-state index in [9.17, 15) is 9.18 Å². The third-order valence-corrected chi connectivity index (χ3v) is 4.90. The number of carbonyl (C=O) groups is 1. The predicted octanol–water partition coefficient (Wildman–Crippen LogP) is 3.95. The molecule has 4 rings (SSSR count). The summed E-state index contributed by atoms with van der Waals surface area (Å²) < 4.78 is 21.8. The van der Waals surface area contributed by atoms with Crippen LogP contribution in [-0.2, 0) is 6.61 Å². The van der Waals surface area contributed by atoms with E-state index in [0.29, 0.717) is 29.4 Å². The van der Waals surface area contributed by atoms with Gasteiger partial charge in [0.2, 0.25) is 0 Å². The molecule has 0 radical (unpaired) electrons. The summed E-state index contributed by atoms with van der Waals surface area (Å²) in [6.45, 7) is 5.83. The van der Waals surface area contributed by atoms with Crippen LogP contribution in [0.1, 0.15) is 32.9 Å². The van der Waals surface area contributed by atoms with E-state index in [1.807, 2.05) is 26.0 Å². The number of anilines is 1. The van der Waals surface area contributed by atoms with Crippen molar-refractivity contribution in [2.45, 2.75) is 27.4 Å². The molecule has 1 N–H and O–H groups in total. The van der Waals surface area contributed by atoms with Crippen LogP contribution in [0.5, 0.6) is 5.75 Å². The van der Waals surface area contributed by atoms with Gasteiger partial charge in [-0.3, -0.25) is 9.78 Å². The van der Waals surface area contributed by atoms with Crippen molar-refractivity contribution >= 4 is 11.6 Å². The van der Waals surface area contributed by atoms with Gasteiger partial charge in [-0.2, -0.15) is 4.68 Å². The topological polar surface area (TPSA) is 94.8 Å². The first-order valence-electron chi connectivity index (χ1n) is 9.91. The number of ether oxygens (including phenoxy) is 1. The number of aryl methyl sites for hydroxylation is 3. The van der Waals surface area contributed by atoms with Gasteiger partial charge in [-0.25, -0.2) is 4.39 Å². The zero-order valence-corrected chi connectivity index (χ0v) is 17.8. The Labute approximate surface area is 184 Å². The van der Waals surface area contributed by atoms with Crippen molar-refractivity contribution in [2.24, 2.45) is 0 Å². The zero-order chi connectivity index (χ0) is 22.7. The number of carbonyl (C=O) groups excluding carboxylic acids is 1. The number of benzene rings is 2. The van der Waals surface area contributed by atoms with Gasteiger partial charge in [0.1, 0.15) is 18.2 Å². The number of nitrogens with zero attached hydrogens (tertiary/aromatic N) is 5. The van der Waals surface area contributed by atoms with E-state index in [-0.39, 0.29) is 5.69 Å². The Hall–Kier alpha value is -4.14. The third kappa shape index (κ3) is 4.46. The standard InChI is InChI=1S/C23H21FN6O2/c1-14-9-18(10-15(2)22(14)32-13-17-5-4-8-25-12-17)23(31)26-21-11-19(6-7-20(21)24)30-16(3)27-28-29-30/h4-12H,13H2,1-3H3,(H,26,31). The lowest BCUT2D eigenvalue weighted by molar-refractivity contribution is 0.102. The average Bonchev–Trinajstić information content (AvgIpc) is 3.21. The van der Waals surface area contributed by atoms with Crippen LogP contribution in [-0.4, -0.2) is 31.1 Å². The molecular formula is C23H21FN6O2. The first kappa shape index (κ1) is 21.1. The van der Waals surface area contributed by atoms with Crippen molar-refractivity contribution in [1.82, 2.24) is 25.2 Å². The maximum absolute atomic E-state index is 14.4. The van der Waals surface area contributed by atoms with Crippen molar-refractivity contribution in [3.8, 4) is 11.4 Å². The van der Waals surface area contributed by atoms with E-state index in [2.05, 4.69) is 25.8 Å². The summed E-state index contributed by atoms with van der Waals surface area (Å²) in [5.41, 5.74) is 3.53. The Bertz CT molecular complexity index is 1250. The maximum Gasteiger partial charge on any atom is 0.255 e. The van der Waals surface area contributed by atoms with E-state index < -0.39 is 11.7 Å². The normalized spacial score (nSPS) is 10.8. The molecule has 0 saturated carbocycles. The predicted molar refractivity (Wildman–Crippen MR) is 116 cm³/mol. The average molecular weight is 432 g/mol. The lowest BCUT2D eigenvalue weighted by Gasteiger charge is -2.15. The van der Waals surface area contributed by atoms with Gasteiger partial charge in [-0.15, -0.1) is 5.10 Å². The number of tetrazole rings is 1. The van der Waals surface area contributed by atoms with E-state index >= 15 is 0 Å². The van der Waals surface area contributed by atoms with Gasteiger partial charge >= 0.3 is 0 Å². The number of pyridine rings is 1. The lowest BCUT2D eigenvalue weighted by atomic mass is 10.0. The molecule has 2 aromatic carbocycles. The van der Waals surface area contributed by atoms with Crippen LogP contribution < -0.4 is 10.1 Å². The monoisotopic (exact) mass is 432 g/mol. The summed E-state index contributed by atoms with van der Waals surface area (Å²) in [6.07, 6.45) is 3.45. The van der Waals surface area contributed by atoms with Crippen molar-refractivity contribution < 1.29 is 13.9 Å². The summed E-state index contributed by atoms with van der Waals surface area (Å²) in [7, 11) is 0. The first-order valence-corrected chi connectivity index (χ1v) is 9.91. The summed E-state index contributed by atoms with van der Waals surface area (Å²) in [5, 5.41) is 13.9. The highest BCUT2D eigenvalue weighted by Crippen LogP contribution is 2.27. The van der Waals surface area contributed by atoms with Gasteiger partial charge in [0, 0.05) is 23.5 Å². The van der Waals surface area contributed by atoms with Crippen LogP contribution in [0.15, 0.2) is 54.9 Å². The molecule has 8 nitrogen and oxygen atoms in total. The molecule has 0 bridgehead atoms. The van der Waals surface area contributed by atoms with Gasteiger partial charge in [0.25, 0.3) is 5.91 Å². The second-order valence-electron chi connectivity index (χ2n) is 7.35.